The summed E-state index contributed by atoms with van der Waals surface area (Å²) in [6, 6.07) is 3.81. The zero-order valence-electron chi connectivity index (χ0n) is 11.6. The minimum Gasteiger partial charge on any atom is -0.481 e. The number of aliphatic carboxylic acids is 1. The number of aryl methyl sites for hydroxylation is 1. The number of nitrogens with zero attached hydrogens (tertiary/aromatic N) is 3. The van der Waals surface area contributed by atoms with Crippen molar-refractivity contribution in [3.63, 3.8) is 0 Å². The van der Waals surface area contributed by atoms with E-state index in [1.807, 2.05) is 12.1 Å². The van der Waals surface area contributed by atoms with E-state index in [4.69, 9.17) is 0 Å². The van der Waals surface area contributed by atoms with Gasteiger partial charge in [-0.2, -0.15) is 0 Å². The second-order valence-electron chi connectivity index (χ2n) is 5.40. The van der Waals surface area contributed by atoms with Crippen LogP contribution in [0.2, 0.25) is 0 Å². The molecule has 106 valence electrons. The quantitative estimate of drug-likeness (QED) is 0.933. The minimum atomic E-state index is -0.697. The van der Waals surface area contributed by atoms with Crippen LogP contribution in [0, 0.1) is 5.92 Å². The molecule has 0 spiro atoms. The summed E-state index contributed by atoms with van der Waals surface area (Å²) in [6.45, 7) is 2.82. The fourth-order valence-electron chi connectivity index (χ4n) is 3.31. The molecular weight excluding hydrogens is 254 g/mol. The number of carbonyl (C=O) groups is 1. The zero-order valence-corrected chi connectivity index (χ0v) is 11.6. The first-order valence-electron chi connectivity index (χ1n) is 7.26. The lowest BCUT2D eigenvalue weighted by Gasteiger charge is -2.28. The smallest absolute Gasteiger partial charge is 0.307 e. The molecule has 1 aliphatic rings. The van der Waals surface area contributed by atoms with E-state index in [1.54, 1.807) is 6.20 Å². The largest absolute Gasteiger partial charge is 0.481 e. The van der Waals surface area contributed by atoms with Crippen molar-refractivity contribution in [2.45, 2.75) is 45.1 Å². The summed E-state index contributed by atoms with van der Waals surface area (Å²) in [5.74, 6) is -0.105. The summed E-state index contributed by atoms with van der Waals surface area (Å²) >= 11 is 0. The molecule has 3 rings (SSSR count). The van der Waals surface area contributed by atoms with Crippen LogP contribution in [0.15, 0.2) is 18.3 Å². The third kappa shape index (κ3) is 2.07. The molecule has 5 heteroatoms. The maximum absolute atomic E-state index is 11.5. The van der Waals surface area contributed by atoms with Crippen LogP contribution >= 0.6 is 0 Å². The van der Waals surface area contributed by atoms with Gasteiger partial charge in [-0.15, -0.1) is 0 Å². The van der Waals surface area contributed by atoms with Gasteiger partial charge in [-0.25, -0.2) is 9.97 Å². The number of carboxylic acids is 1. The highest BCUT2D eigenvalue weighted by atomic mass is 16.4. The third-order valence-electron chi connectivity index (χ3n) is 4.26. The molecule has 0 aliphatic heterocycles. The minimum absolute atomic E-state index is 0.00963. The SMILES string of the molecule is CCn1c(C2CCCCC2C(=O)O)nc2cccnc21. The second kappa shape index (κ2) is 5.23. The molecule has 0 saturated heterocycles. The maximum Gasteiger partial charge on any atom is 0.307 e. The molecule has 0 radical (unpaired) electrons. The van der Waals surface area contributed by atoms with E-state index >= 15 is 0 Å². The topological polar surface area (TPSA) is 68.0 Å². The van der Waals surface area contributed by atoms with Gasteiger partial charge < -0.3 is 9.67 Å². The van der Waals surface area contributed by atoms with Gasteiger partial charge in [-0.1, -0.05) is 12.8 Å². The Labute approximate surface area is 117 Å². The first-order chi connectivity index (χ1) is 9.72. The predicted molar refractivity (Wildman–Crippen MR) is 75.5 cm³/mol. The standard InChI is InChI=1S/C15H19N3O2/c1-2-18-13(17-12-8-5-9-16-14(12)18)10-6-3-4-7-11(10)15(19)20/h5,8-11H,2-4,6-7H2,1H3,(H,19,20). The molecule has 0 bridgehead atoms. The number of carboxylic acid groups (broad SMARTS) is 1. The first kappa shape index (κ1) is 13.1. The van der Waals surface area contributed by atoms with Crippen molar-refractivity contribution >= 4 is 17.1 Å². The Balaban J connectivity index is 2.10. The van der Waals surface area contributed by atoms with Crippen molar-refractivity contribution in [1.82, 2.24) is 14.5 Å². The number of fused-ring (bicyclic) bond motifs is 1. The number of hydrogen-bond donors (Lipinski definition) is 1. The molecule has 5 nitrogen and oxygen atoms in total. The Morgan fingerprint density at radius 2 is 2.25 bits per heavy atom. The molecule has 0 amide bonds. The van der Waals surface area contributed by atoms with Crippen LogP contribution < -0.4 is 0 Å². The summed E-state index contributed by atoms with van der Waals surface area (Å²) < 4.78 is 2.07. The molecule has 1 N–H and O–H groups in total. The van der Waals surface area contributed by atoms with Crippen molar-refractivity contribution in [1.29, 1.82) is 0 Å². The normalized spacial score (nSPS) is 23.1. The van der Waals surface area contributed by atoms with E-state index in [0.29, 0.717) is 0 Å². The predicted octanol–water partition coefficient (Wildman–Crippen LogP) is 2.81. The molecule has 0 aromatic carbocycles. The van der Waals surface area contributed by atoms with Gasteiger partial charge in [-0.05, 0) is 31.9 Å². The summed E-state index contributed by atoms with van der Waals surface area (Å²) in [5, 5.41) is 9.46. The summed E-state index contributed by atoms with van der Waals surface area (Å²) in [5.41, 5.74) is 1.72. The van der Waals surface area contributed by atoms with Gasteiger partial charge in [-0.3, -0.25) is 4.79 Å². The van der Waals surface area contributed by atoms with E-state index in [0.717, 1.165) is 49.2 Å². The van der Waals surface area contributed by atoms with Crippen LogP contribution in [0.3, 0.4) is 0 Å². The molecule has 1 aliphatic carbocycles. The van der Waals surface area contributed by atoms with Crippen LogP contribution in [-0.4, -0.2) is 25.6 Å². The monoisotopic (exact) mass is 273 g/mol. The molecule has 1 fully saturated rings. The van der Waals surface area contributed by atoms with Crippen LogP contribution in [-0.2, 0) is 11.3 Å². The fourth-order valence-corrected chi connectivity index (χ4v) is 3.31. The summed E-state index contributed by atoms with van der Waals surface area (Å²) in [4.78, 5) is 20.6. The van der Waals surface area contributed by atoms with Crippen LogP contribution in [0.4, 0.5) is 0 Å². The lowest BCUT2D eigenvalue weighted by molar-refractivity contribution is -0.143. The molecule has 20 heavy (non-hydrogen) atoms. The van der Waals surface area contributed by atoms with Gasteiger partial charge in [0.05, 0.1) is 5.92 Å². The number of rotatable bonds is 3. The van der Waals surface area contributed by atoms with Crippen molar-refractivity contribution < 1.29 is 9.90 Å². The van der Waals surface area contributed by atoms with Gasteiger partial charge in [0, 0.05) is 18.7 Å². The van der Waals surface area contributed by atoms with Crippen LogP contribution in [0.1, 0.15) is 44.3 Å². The number of hydrogen-bond acceptors (Lipinski definition) is 3. The molecule has 2 aromatic heterocycles. The number of pyridine rings is 1. The summed E-state index contributed by atoms with van der Waals surface area (Å²) in [6.07, 6.45) is 5.49. The lowest BCUT2D eigenvalue weighted by Crippen LogP contribution is -2.27. The number of imidazole rings is 1. The van der Waals surface area contributed by atoms with Crippen LogP contribution in [0.25, 0.3) is 11.2 Å². The van der Waals surface area contributed by atoms with E-state index in [2.05, 4.69) is 21.5 Å². The molecule has 2 heterocycles. The second-order valence-corrected chi connectivity index (χ2v) is 5.40. The van der Waals surface area contributed by atoms with Gasteiger partial charge in [0.1, 0.15) is 11.3 Å². The molecular formula is C15H19N3O2. The Hall–Kier alpha value is -1.91. The highest BCUT2D eigenvalue weighted by Gasteiger charge is 2.35. The Morgan fingerprint density at radius 1 is 1.45 bits per heavy atom. The average molecular weight is 273 g/mol. The molecule has 2 aromatic rings. The van der Waals surface area contributed by atoms with Crippen molar-refractivity contribution in [2.75, 3.05) is 0 Å². The van der Waals surface area contributed by atoms with E-state index in [-0.39, 0.29) is 11.8 Å². The van der Waals surface area contributed by atoms with Gasteiger partial charge >= 0.3 is 5.97 Å². The zero-order chi connectivity index (χ0) is 14.1. The highest BCUT2D eigenvalue weighted by molar-refractivity contribution is 5.73. The molecule has 2 unspecified atom stereocenters. The fraction of sp³-hybridized carbons (Fsp3) is 0.533. The van der Waals surface area contributed by atoms with E-state index < -0.39 is 5.97 Å². The lowest BCUT2D eigenvalue weighted by atomic mass is 9.78. The molecule has 1 saturated carbocycles. The number of aromatic nitrogens is 3. The average Bonchev–Trinajstić information content (AvgIpc) is 2.85. The van der Waals surface area contributed by atoms with Crippen molar-refractivity contribution in [3.8, 4) is 0 Å². The first-order valence-corrected chi connectivity index (χ1v) is 7.26. The Kier molecular flexibility index (Phi) is 3.42. The Bertz CT molecular complexity index is 635. The summed E-state index contributed by atoms with van der Waals surface area (Å²) in [7, 11) is 0. The van der Waals surface area contributed by atoms with E-state index in [9.17, 15) is 9.90 Å². The van der Waals surface area contributed by atoms with Crippen LogP contribution in [0.5, 0.6) is 0 Å². The molecule has 2 atom stereocenters. The van der Waals surface area contributed by atoms with Crippen molar-refractivity contribution in [3.05, 3.63) is 24.2 Å². The van der Waals surface area contributed by atoms with Gasteiger partial charge in [0.2, 0.25) is 0 Å². The van der Waals surface area contributed by atoms with Crippen molar-refractivity contribution in [2.24, 2.45) is 5.92 Å². The van der Waals surface area contributed by atoms with E-state index in [1.165, 1.54) is 0 Å². The maximum atomic E-state index is 11.5. The highest BCUT2D eigenvalue weighted by Crippen LogP contribution is 2.38. The third-order valence-corrected chi connectivity index (χ3v) is 4.26. The van der Waals surface area contributed by atoms with Gasteiger partial charge in [0.25, 0.3) is 0 Å². The van der Waals surface area contributed by atoms with Gasteiger partial charge in [0.15, 0.2) is 5.65 Å². The Morgan fingerprint density at radius 3 is 3.00 bits per heavy atom.